The van der Waals surface area contributed by atoms with Crippen LogP contribution < -0.4 is 5.32 Å². The van der Waals surface area contributed by atoms with Crippen LogP contribution in [0, 0.1) is 0 Å². The van der Waals surface area contributed by atoms with Crippen LogP contribution >= 0.6 is 23.2 Å². The summed E-state index contributed by atoms with van der Waals surface area (Å²) in [6, 6.07) is 5.18. The van der Waals surface area contributed by atoms with Crippen molar-refractivity contribution in [3.63, 3.8) is 0 Å². The minimum absolute atomic E-state index is 0.00893. The van der Waals surface area contributed by atoms with Crippen LogP contribution in [0.4, 0.5) is 0 Å². The number of nitrogens with one attached hydrogen (secondary N) is 1. The lowest BCUT2D eigenvalue weighted by Gasteiger charge is -2.34. The van der Waals surface area contributed by atoms with E-state index in [0.29, 0.717) is 6.04 Å². The van der Waals surface area contributed by atoms with Crippen molar-refractivity contribution in [3.8, 4) is 0 Å². The molecule has 0 bridgehead atoms. The predicted molar refractivity (Wildman–Crippen MR) is 86.5 cm³/mol. The third kappa shape index (κ3) is 3.54. The zero-order valence-corrected chi connectivity index (χ0v) is 14.5. The Balaban J connectivity index is 2.21. The number of hydrogen-bond donors (Lipinski definition) is 1. The highest BCUT2D eigenvalue weighted by molar-refractivity contribution is 7.89. The first-order valence-electron chi connectivity index (χ1n) is 6.97. The van der Waals surface area contributed by atoms with Crippen LogP contribution in [0.25, 0.3) is 0 Å². The van der Waals surface area contributed by atoms with Gasteiger partial charge in [-0.05, 0) is 44.9 Å². The van der Waals surface area contributed by atoms with Gasteiger partial charge in [0.05, 0.1) is 10.0 Å². The normalized spacial score (nSPS) is 23.5. The molecule has 7 heteroatoms. The number of halogens is 2. The molecule has 0 aliphatic heterocycles. The fraction of sp³-hybridized carbons (Fsp3) is 0.571. The average Bonchev–Trinajstić information content (AvgIpc) is 2.49. The molecule has 1 aromatic carbocycles. The Morgan fingerprint density at radius 3 is 2.38 bits per heavy atom. The van der Waals surface area contributed by atoms with E-state index in [4.69, 9.17) is 23.2 Å². The van der Waals surface area contributed by atoms with Crippen LogP contribution in [-0.2, 0) is 10.0 Å². The summed E-state index contributed by atoms with van der Waals surface area (Å²) in [5.41, 5.74) is 0. The maximum Gasteiger partial charge on any atom is 0.244 e. The first-order valence-corrected chi connectivity index (χ1v) is 9.17. The molecule has 0 atom stereocenters. The van der Waals surface area contributed by atoms with Gasteiger partial charge in [-0.3, -0.25) is 0 Å². The SMILES string of the molecule is CNC1CCC(N(C)S(=O)(=O)c2cccc(Cl)c2Cl)CC1. The van der Waals surface area contributed by atoms with Crippen molar-refractivity contribution in [2.75, 3.05) is 14.1 Å². The summed E-state index contributed by atoms with van der Waals surface area (Å²) >= 11 is 12.0. The fourth-order valence-electron chi connectivity index (χ4n) is 2.76. The summed E-state index contributed by atoms with van der Waals surface area (Å²) in [6.45, 7) is 0. The Morgan fingerprint density at radius 1 is 1.19 bits per heavy atom. The van der Waals surface area contributed by atoms with Crippen LogP contribution in [0.5, 0.6) is 0 Å². The van der Waals surface area contributed by atoms with E-state index < -0.39 is 10.0 Å². The first-order chi connectivity index (χ1) is 9.87. The first kappa shape index (κ1) is 17.0. The van der Waals surface area contributed by atoms with E-state index >= 15 is 0 Å². The Bertz CT molecular complexity index is 599. The van der Waals surface area contributed by atoms with Crippen molar-refractivity contribution in [1.29, 1.82) is 0 Å². The number of sulfonamides is 1. The minimum atomic E-state index is -3.62. The number of hydrogen-bond acceptors (Lipinski definition) is 3. The zero-order chi connectivity index (χ0) is 15.6. The van der Waals surface area contributed by atoms with E-state index in [0.717, 1.165) is 25.7 Å². The van der Waals surface area contributed by atoms with E-state index in [9.17, 15) is 8.42 Å². The van der Waals surface area contributed by atoms with Crippen LogP contribution in [0.15, 0.2) is 23.1 Å². The largest absolute Gasteiger partial charge is 0.317 e. The lowest BCUT2D eigenvalue weighted by Crippen LogP contribution is -2.42. The molecule has 0 heterocycles. The summed E-state index contributed by atoms with van der Waals surface area (Å²) in [7, 11) is -0.0558. The number of nitrogens with zero attached hydrogens (tertiary/aromatic N) is 1. The molecule has 1 aliphatic carbocycles. The van der Waals surface area contributed by atoms with E-state index in [1.165, 1.54) is 10.4 Å². The molecule has 0 saturated heterocycles. The standard InChI is InChI=1S/C14H20Cl2N2O2S/c1-17-10-6-8-11(9-7-10)18(2)21(19,20)13-5-3-4-12(15)14(13)16/h3-5,10-11,17H,6-9H2,1-2H3. The topological polar surface area (TPSA) is 49.4 Å². The minimum Gasteiger partial charge on any atom is -0.317 e. The molecule has 0 unspecified atom stereocenters. The summed E-state index contributed by atoms with van der Waals surface area (Å²) in [5.74, 6) is 0. The number of rotatable bonds is 4. The molecular weight excluding hydrogens is 331 g/mol. The van der Waals surface area contributed by atoms with Gasteiger partial charge in [0, 0.05) is 19.1 Å². The van der Waals surface area contributed by atoms with E-state index in [1.807, 2.05) is 7.05 Å². The van der Waals surface area contributed by atoms with Crippen molar-refractivity contribution in [2.24, 2.45) is 0 Å². The van der Waals surface area contributed by atoms with E-state index in [1.54, 1.807) is 19.2 Å². The molecule has 4 nitrogen and oxygen atoms in total. The van der Waals surface area contributed by atoms with Crippen LogP contribution in [0.1, 0.15) is 25.7 Å². The Kier molecular flexibility index (Phi) is 5.54. The Hall–Kier alpha value is -0.330. The van der Waals surface area contributed by atoms with Crippen molar-refractivity contribution < 1.29 is 8.42 Å². The smallest absolute Gasteiger partial charge is 0.244 e. The monoisotopic (exact) mass is 350 g/mol. The van der Waals surface area contributed by atoms with Gasteiger partial charge in [-0.2, -0.15) is 4.31 Å². The molecule has 1 N–H and O–H groups in total. The Labute approximate surface area is 136 Å². The summed E-state index contributed by atoms with van der Waals surface area (Å²) in [6.07, 6.45) is 3.65. The molecule has 0 spiro atoms. The summed E-state index contributed by atoms with van der Waals surface area (Å²) < 4.78 is 26.9. The maximum atomic E-state index is 12.7. The molecule has 0 aromatic heterocycles. The van der Waals surface area contributed by atoms with Gasteiger partial charge in [0.1, 0.15) is 4.90 Å². The molecule has 1 fully saturated rings. The maximum absolute atomic E-state index is 12.7. The lowest BCUT2D eigenvalue weighted by molar-refractivity contribution is 0.255. The van der Waals surface area contributed by atoms with Gasteiger partial charge in [0.2, 0.25) is 10.0 Å². The van der Waals surface area contributed by atoms with Crippen molar-refractivity contribution >= 4 is 33.2 Å². The van der Waals surface area contributed by atoms with Crippen LogP contribution in [0.2, 0.25) is 10.0 Å². The van der Waals surface area contributed by atoms with Crippen LogP contribution in [-0.4, -0.2) is 38.9 Å². The molecule has 0 radical (unpaired) electrons. The Morgan fingerprint density at radius 2 is 1.81 bits per heavy atom. The highest BCUT2D eigenvalue weighted by Crippen LogP contribution is 2.33. The van der Waals surface area contributed by atoms with Gasteiger partial charge < -0.3 is 5.32 Å². The second-order valence-corrected chi connectivity index (χ2v) is 8.12. The van der Waals surface area contributed by atoms with Crippen LogP contribution in [0.3, 0.4) is 0 Å². The van der Waals surface area contributed by atoms with Gasteiger partial charge >= 0.3 is 0 Å². The quantitative estimate of drug-likeness (QED) is 0.907. The zero-order valence-electron chi connectivity index (χ0n) is 12.1. The highest BCUT2D eigenvalue weighted by atomic mass is 35.5. The predicted octanol–water partition coefficient (Wildman–Crippen LogP) is 3.14. The molecule has 1 saturated carbocycles. The van der Waals surface area contributed by atoms with Crippen molar-refractivity contribution in [1.82, 2.24) is 9.62 Å². The number of benzene rings is 1. The fourth-order valence-corrected chi connectivity index (χ4v) is 4.91. The lowest BCUT2D eigenvalue weighted by atomic mass is 9.91. The van der Waals surface area contributed by atoms with Gasteiger partial charge in [-0.1, -0.05) is 29.3 Å². The van der Waals surface area contributed by atoms with E-state index in [-0.39, 0.29) is 21.0 Å². The third-order valence-electron chi connectivity index (χ3n) is 4.19. The highest BCUT2D eigenvalue weighted by Gasteiger charge is 2.32. The van der Waals surface area contributed by atoms with Gasteiger partial charge in [0.15, 0.2) is 0 Å². The molecular formula is C14H20Cl2N2O2S. The molecule has 21 heavy (non-hydrogen) atoms. The van der Waals surface area contributed by atoms with Crippen molar-refractivity contribution in [2.45, 2.75) is 42.7 Å². The van der Waals surface area contributed by atoms with Gasteiger partial charge in [0.25, 0.3) is 0 Å². The molecule has 2 rings (SSSR count). The van der Waals surface area contributed by atoms with Gasteiger partial charge in [-0.15, -0.1) is 0 Å². The van der Waals surface area contributed by atoms with E-state index in [2.05, 4.69) is 5.32 Å². The molecule has 118 valence electrons. The molecule has 0 amide bonds. The van der Waals surface area contributed by atoms with Crippen molar-refractivity contribution in [3.05, 3.63) is 28.2 Å². The molecule has 1 aliphatic rings. The summed E-state index contributed by atoms with van der Waals surface area (Å²) in [5, 5.41) is 3.59. The second-order valence-electron chi connectivity index (χ2n) is 5.37. The van der Waals surface area contributed by atoms with Gasteiger partial charge in [-0.25, -0.2) is 8.42 Å². The summed E-state index contributed by atoms with van der Waals surface area (Å²) in [4.78, 5) is 0.0786. The second kappa shape index (κ2) is 6.84. The third-order valence-corrected chi connectivity index (χ3v) is 7.08. The average molecular weight is 351 g/mol. The molecule has 1 aromatic rings.